The SMILES string of the molecule is CCOC(=O)[C@@H]1CCC[C@H](NS(=O)(=O)c2ccc(NC(C)=O)cc2)C1. The van der Waals surface area contributed by atoms with Gasteiger partial charge < -0.3 is 10.1 Å². The second-order valence-electron chi connectivity index (χ2n) is 6.14. The lowest BCUT2D eigenvalue weighted by atomic mass is 9.86. The first-order valence-electron chi connectivity index (χ1n) is 8.38. The van der Waals surface area contributed by atoms with Crippen LogP contribution in [0.2, 0.25) is 0 Å². The average molecular weight is 368 g/mol. The zero-order valence-electron chi connectivity index (χ0n) is 14.4. The number of benzene rings is 1. The van der Waals surface area contributed by atoms with Gasteiger partial charge in [0.05, 0.1) is 17.4 Å². The Kier molecular flexibility index (Phi) is 6.55. The standard InChI is InChI=1S/C17H24N2O5S/c1-3-24-17(21)13-5-4-6-15(11-13)19-25(22,23)16-9-7-14(8-10-16)18-12(2)20/h7-10,13,15,19H,3-6,11H2,1-2H3,(H,18,20)/t13-,15+/m1/s1. The lowest BCUT2D eigenvalue weighted by molar-refractivity contribution is -0.149. The summed E-state index contributed by atoms with van der Waals surface area (Å²) in [6.07, 6.45) is 2.64. The molecule has 0 unspecified atom stereocenters. The molecular formula is C17H24N2O5S. The van der Waals surface area contributed by atoms with Gasteiger partial charge >= 0.3 is 5.97 Å². The Hall–Kier alpha value is -1.93. The molecule has 1 amide bonds. The quantitative estimate of drug-likeness (QED) is 0.748. The minimum atomic E-state index is -3.68. The molecule has 25 heavy (non-hydrogen) atoms. The van der Waals surface area contributed by atoms with E-state index >= 15 is 0 Å². The number of esters is 1. The van der Waals surface area contributed by atoms with Crippen molar-refractivity contribution in [2.24, 2.45) is 5.92 Å². The van der Waals surface area contributed by atoms with Crippen LogP contribution in [0.4, 0.5) is 5.69 Å². The lowest BCUT2D eigenvalue weighted by Gasteiger charge is -2.28. The number of carbonyl (C=O) groups is 2. The number of rotatable bonds is 6. The summed E-state index contributed by atoms with van der Waals surface area (Å²) in [7, 11) is -3.68. The van der Waals surface area contributed by atoms with Crippen molar-refractivity contribution in [2.75, 3.05) is 11.9 Å². The van der Waals surface area contributed by atoms with Gasteiger partial charge in [0.2, 0.25) is 15.9 Å². The minimum absolute atomic E-state index is 0.125. The molecule has 0 heterocycles. The molecule has 1 aliphatic rings. The van der Waals surface area contributed by atoms with Crippen LogP contribution in [-0.4, -0.2) is 32.9 Å². The number of anilines is 1. The summed E-state index contributed by atoms with van der Waals surface area (Å²) < 4.78 is 32.8. The van der Waals surface area contributed by atoms with Crippen molar-refractivity contribution in [3.05, 3.63) is 24.3 Å². The van der Waals surface area contributed by atoms with Gasteiger partial charge in [0, 0.05) is 18.7 Å². The molecular weight excluding hydrogens is 344 g/mol. The van der Waals surface area contributed by atoms with Crippen LogP contribution in [0, 0.1) is 5.92 Å². The Morgan fingerprint density at radius 1 is 1.20 bits per heavy atom. The molecule has 0 aromatic heterocycles. The van der Waals surface area contributed by atoms with Crippen LogP contribution in [-0.2, 0) is 24.3 Å². The zero-order valence-corrected chi connectivity index (χ0v) is 15.3. The molecule has 1 aromatic carbocycles. The Balaban J connectivity index is 2.02. The van der Waals surface area contributed by atoms with Crippen LogP contribution in [0.15, 0.2) is 29.2 Å². The van der Waals surface area contributed by atoms with Crippen LogP contribution in [0.1, 0.15) is 39.5 Å². The highest BCUT2D eigenvalue weighted by atomic mass is 32.2. The molecule has 1 saturated carbocycles. The number of nitrogens with one attached hydrogen (secondary N) is 2. The topological polar surface area (TPSA) is 102 Å². The van der Waals surface area contributed by atoms with E-state index in [1.54, 1.807) is 6.92 Å². The van der Waals surface area contributed by atoms with Crippen molar-refractivity contribution >= 4 is 27.6 Å². The number of hydrogen-bond donors (Lipinski definition) is 2. The zero-order chi connectivity index (χ0) is 18.4. The number of sulfonamides is 1. The molecule has 1 fully saturated rings. The Morgan fingerprint density at radius 2 is 1.88 bits per heavy atom. The highest BCUT2D eigenvalue weighted by Crippen LogP contribution is 2.27. The maximum atomic E-state index is 12.5. The number of amides is 1. The molecule has 0 radical (unpaired) electrons. The third kappa shape index (κ3) is 5.54. The average Bonchev–Trinajstić information content (AvgIpc) is 2.55. The predicted molar refractivity (Wildman–Crippen MR) is 93.4 cm³/mol. The summed E-state index contributed by atoms with van der Waals surface area (Å²) in [4.78, 5) is 23.0. The normalized spacial score (nSPS) is 20.7. The van der Waals surface area contributed by atoms with E-state index in [1.807, 2.05) is 0 Å². The van der Waals surface area contributed by atoms with Crippen molar-refractivity contribution in [2.45, 2.75) is 50.5 Å². The summed E-state index contributed by atoms with van der Waals surface area (Å²) in [6, 6.07) is 5.68. The summed E-state index contributed by atoms with van der Waals surface area (Å²) >= 11 is 0. The van der Waals surface area contributed by atoms with Gasteiger partial charge in [-0.15, -0.1) is 0 Å². The first-order valence-corrected chi connectivity index (χ1v) is 9.86. The van der Waals surface area contributed by atoms with E-state index in [1.165, 1.54) is 31.2 Å². The van der Waals surface area contributed by atoms with E-state index in [0.717, 1.165) is 12.8 Å². The van der Waals surface area contributed by atoms with Gasteiger partial charge in [-0.3, -0.25) is 9.59 Å². The maximum absolute atomic E-state index is 12.5. The van der Waals surface area contributed by atoms with E-state index in [0.29, 0.717) is 25.1 Å². The first kappa shape index (κ1) is 19.4. The van der Waals surface area contributed by atoms with E-state index in [2.05, 4.69) is 10.0 Å². The fourth-order valence-electron chi connectivity index (χ4n) is 2.98. The van der Waals surface area contributed by atoms with Crippen LogP contribution in [0.3, 0.4) is 0 Å². The van der Waals surface area contributed by atoms with Gasteiger partial charge in [0.15, 0.2) is 0 Å². The van der Waals surface area contributed by atoms with Crippen LogP contribution < -0.4 is 10.0 Å². The largest absolute Gasteiger partial charge is 0.466 e. The fourth-order valence-corrected chi connectivity index (χ4v) is 4.26. The summed E-state index contributed by atoms with van der Waals surface area (Å²) in [6.45, 7) is 3.47. The molecule has 0 bridgehead atoms. The molecule has 2 N–H and O–H groups in total. The molecule has 1 aliphatic carbocycles. The van der Waals surface area contributed by atoms with Gasteiger partial charge in [-0.25, -0.2) is 13.1 Å². The van der Waals surface area contributed by atoms with E-state index in [9.17, 15) is 18.0 Å². The highest BCUT2D eigenvalue weighted by molar-refractivity contribution is 7.89. The summed E-state index contributed by atoms with van der Waals surface area (Å²) in [5, 5.41) is 2.59. The lowest BCUT2D eigenvalue weighted by Crippen LogP contribution is -2.40. The number of carbonyl (C=O) groups excluding carboxylic acids is 2. The molecule has 2 rings (SSSR count). The predicted octanol–water partition coefficient (Wildman–Crippen LogP) is 2.05. The molecule has 138 valence electrons. The van der Waals surface area contributed by atoms with E-state index in [4.69, 9.17) is 4.74 Å². The van der Waals surface area contributed by atoms with Crippen molar-refractivity contribution < 1.29 is 22.7 Å². The Morgan fingerprint density at radius 3 is 2.48 bits per heavy atom. The van der Waals surface area contributed by atoms with Gasteiger partial charge in [-0.05, 0) is 50.5 Å². The van der Waals surface area contributed by atoms with Crippen molar-refractivity contribution in [3.8, 4) is 0 Å². The second kappa shape index (κ2) is 8.44. The third-order valence-corrected chi connectivity index (χ3v) is 5.64. The van der Waals surface area contributed by atoms with Crippen molar-refractivity contribution in [3.63, 3.8) is 0 Å². The summed E-state index contributed by atoms with van der Waals surface area (Å²) in [5.41, 5.74) is 0.534. The van der Waals surface area contributed by atoms with Crippen molar-refractivity contribution in [1.82, 2.24) is 4.72 Å². The molecule has 0 saturated heterocycles. The molecule has 1 aromatic rings. The monoisotopic (exact) mass is 368 g/mol. The Bertz CT molecular complexity index is 715. The minimum Gasteiger partial charge on any atom is -0.466 e. The van der Waals surface area contributed by atoms with Crippen molar-refractivity contribution in [1.29, 1.82) is 0 Å². The first-order chi connectivity index (χ1) is 11.8. The third-order valence-electron chi connectivity index (χ3n) is 4.10. The number of hydrogen-bond acceptors (Lipinski definition) is 5. The van der Waals surface area contributed by atoms with E-state index in [-0.39, 0.29) is 28.7 Å². The van der Waals surface area contributed by atoms with Crippen LogP contribution >= 0.6 is 0 Å². The van der Waals surface area contributed by atoms with Crippen LogP contribution in [0.5, 0.6) is 0 Å². The second-order valence-corrected chi connectivity index (χ2v) is 7.85. The maximum Gasteiger partial charge on any atom is 0.308 e. The van der Waals surface area contributed by atoms with Crippen LogP contribution in [0.25, 0.3) is 0 Å². The van der Waals surface area contributed by atoms with Gasteiger partial charge in [-0.2, -0.15) is 0 Å². The molecule has 7 nitrogen and oxygen atoms in total. The smallest absolute Gasteiger partial charge is 0.308 e. The van der Waals surface area contributed by atoms with Gasteiger partial charge in [0.25, 0.3) is 0 Å². The summed E-state index contributed by atoms with van der Waals surface area (Å²) in [5.74, 6) is -0.740. The van der Waals surface area contributed by atoms with Gasteiger partial charge in [0.1, 0.15) is 0 Å². The molecule has 2 atom stereocenters. The number of ether oxygens (including phenoxy) is 1. The Labute approximate surface area is 148 Å². The molecule has 8 heteroatoms. The molecule has 0 spiro atoms. The van der Waals surface area contributed by atoms with Gasteiger partial charge in [-0.1, -0.05) is 6.42 Å². The molecule has 0 aliphatic heterocycles. The fraction of sp³-hybridized carbons (Fsp3) is 0.529. The highest BCUT2D eigenvalue weighted by Gasteiger charge is 2.30. The van der Waals surface area contributed by atoms with E-state index < -0.39 is 10.0 Å².